The van der Waals surface area contributed by atoms with Crippen molar-refractivity contribution < 1.29 is 0 Å². The minimum Gasteiger partial charge on any atom is -0.0985 e. The van der Waals surface area contributed by atoms with Crippen molar-refractivity contribution in [3.05, 3.63) is 52.5 Å². The van der Waals surface area contributed by atoms with Crippen LogP contribution >= 0.6 is 15.9 Å². The van der Waals surface area contributed by atoms with Gasteiger partial charge in [-0.1, -0.05) is 60.1 Å². The van der Waals surface area contributed by atoms with Gasteiger partial charge in [-0.25, -0.2) is 0 Å². The van der Waals surface area contributed by atoms with Crippen molar-refractivity contribution in [3.63, 3.8) is 0 Å². The summed E-state index contributed by atoms with van der Waals surface area (Å²) in [5.74, 6) is 0. The second kappa shape index (κ2) is 5.50. The van der Waals surface area contributed by atoms with Crippen molar-refractivity contribution in [2.24, 2.45) is 0 Å². The van der Waals surface area contributed by atoms with Gasteiger partial charge in [0.05, 0.1) is 0 Å². The minimum atomic E-state index is 1.16. The first-order chi connectivity index (χ1) is 8.26. The van der Waals surface area contributed by atoms with Crippen molar-refractivity contribution in [1.82, 2.24) is 0 Å². The second-order valence-corrected chi connectivity index (χ2v) is 5.17. The van der Waals surface area contributed by atoms with Gasteiger partial charge in [0, 0.05) is 4.47 Å². The van der Waals surface area contributed by atoms with E-state index < -0.39 is 0 Å². The van der Waals surface area contributed by atoms with Crippen molar-refractivity contribution in [2.45, 2.75) is 26.2 Å². The first kappa shape index (κ1) is 12.4. The van der Waals surface area contributed by atoms with Crippen LogP contribution in [0.15, 0.2) is 41.4 Å². The van der Waals surface area contributed by atoms with Gasteiger partial charge in [0.25, 0.3) is 0 Å². The summed E-state index contributed by atoms with van der Waals surface area (Å²) in [6.07, 6.45) is 5.54. The predicted octanol–water partition coefficient (Wildman–Crippen LogP) is 5.59. The Morgan fingerprint density at radius 3 is 2.71 bits per heavy atom. The third-order valence-electron chi connectivity index (χ3n) is 3.11. The van der Waals surface area contributed by atoms with Gasteiger partial charge in [0.15, 0.2) is 0 Å². The lowest BCUT2D eigenvalue weighted by atomic mass is 9.99. The topological polar surface area (TPSA) is 0 Å². The molecule has 0 radical (unpaired) electrons. The van der Waals surface area contributed by atoms with E-state index in [-0.39, 0.29) is 0 Å². The SMILES string of the molecule is C=Cc1ccc2c(CCCC)ccc(Br)c2c1. The maximum atomic E-state index is 3.82. The Bertz CT molecular complexity index is 540. The lowest BCUT2D eigenvalue weighted by Crippen LogP contribution is -1.88. The van der Waals surface area contributed by atoms with Gasteiger partial charge in [0.2, 0.25) is 0 Å². The Morgan fingerprint density at radius 2 is 2.00 bits per heavy atom. The minimum absolute atomic E-state index is 1.16. The molecular weight excluding hydrogens is 272 g/mol. The summed E-state index contributed by atoms with van der Waals surface area (Å²) in [6, 6.07) is 10.9. The first-order valence-electron chi connectivity index (χ1n) is 6.10. The molecule has 0 aliphatic carbocycles. The molecule has 0 saturated heterocycles. The number of halogens is 1. The fourth-order valence-electron chi connectivity index (χ4n) is 2.10. The van der Waals surface area contributed by atoms with Crippen LogP contribution in [0.4, 0.5) is 0 Å². The molecule has 0 unspecified atom stereocenters. The molecule has 0 aliphatic heterocycles. The Balaban J connectivity index is 2.56. The summed E-state index contributed by atoms with van der Waals surface area (Å²) < 4.78 is 1.16. The van der Waals surface area contributed by atoms with E-state index >= 15 is 0 Å². The third kappa shape index (κ3) is 2.61. The third-order valence-corrected chi connectivity index (χ3v) is 3.80. The van der Waals surface area contributed by atoms with E-state index in [0.717, 1.165) is 10.9 Å². The highest BCUT2D eigenvalue weighted by molar-refractivity contribution is 9.10. The van der Waals surface area contributed by atoms with E-state index in [1.807, 2.05) is 6.08 Å². The molecule has 0 N–H and O–H groups in total. The van der Waals surface area contributed by atoms with Crippen molar-refractivity contribution in [3.8, 4) is 0 Å². The summed E-state index contributed by atoms with van der Waals surface area (Å²) in [5, 5.41) is 2.65. The van der Waals surface area contributed by atoms with E-state index in [4.69, 9.17) is 0 Å². The lowest BCUT2D eigenvalue weighted by Gasteiger charge is -2.08. The smallest absolute Gasteiger partial charge is 0.0254 e. The number of hydrogen-bond acceptors (Lipinski definition) is 0. The van der Waals surface area contributed by atoms with Crippen LogP contribution in [0.3, 0.4) is 0 Å². The molecule has 0 spiro atoms. The Morgan fingerprint density at radius 1 is 1.18 bits per heavy atom. The van der Waals surface area contributed by atoms with Gasteiger partial charge >= 0.3 is 0 Å². The van der Waals surface area contributed by atoms with Crippen LogP contribution in [0.5, 0.6) is 0 Å². The van der Waals surface area contributed by atoms with Crippen LogP contribution in [0, 0.1) is 0 Å². The highest BCUT2D eigenvalue weighted by Crippen LogP contribution is 2.29. The van der Waals surface area contributed by atoms with Crippen LogP contribution < -0.4 is 0 Å². The maximum absolute atomic E-state index is 3.82. The second-order valence-electron chi connectivity index (χ2n) is 4.32. The van der Waals surface area contributed by atoms with Crippen molar-refractivity contribution in [1.29, 1.82) is 0 Å². The first-order valence-corrected chi connectivity index (χ1v) is 6.89. The van der Waals surface area contributed by atoms with Gasteiger partial charge in [-0.05, 0) is 46.9 Å². The molecule has 17 heavy (non-hydrogen) atoms. The summed E-state index contributed by atoms with van der Waals surface area (Å²) in [7, 11) is 0. The van der Waals surface area contributed by atoms with Gasteiger partial charge < -0.3 is 0 Å². The highest BCUT2D eigenvalue weighted by atomic mass is 79.9. The number of hydrogen-bond donors (Lipinski definition) is 0. The molecule has 0 fully saturated rings. The standard InChI is InChI=1S/C16H17Br/c1-3-5-6-13-8-10-16(17)15-11-12(4-2)7-9-14(13)15/h4,7-11H,2-3,5-6H2,1H3. The molecule has 0 nitrogen and oxygen atoms in total. The van der Waals surface area contributed by atoms with Gasteiger partial charge in [-0.2, -0.15) is 0 Å². The average molecular weight is 289 g/mol. The quantitative estimate of drug-likeness (QED) is 0.688. The molecule has 0 saturated carbocycles. The Kier molecular flexibility index (Phi) is 4.01. The van der Waals surface area contributed by atoms with E-state index in [1.165, 1.54) is 34.7 Å². The van der Waals surface area contributed by atoms with Crippen LogP contribution in [-0.2, 0) is 6.42 Å². The molecule has 1 heteroatoms. The molecule has 0 atom stereocenters. The van der Waals surface area contributed by atoms with Gasteiger partial charge in [0.1, 0.15) is 0 Å². The molecule has 0 aliphatic rings. The fourth-order valence-corrected chi connectivity index (χ4v) is 2.57. The molecular formula is C16H17Br. The monoisotopic (exact) mass is 288 g/mol. The highest BCUT2D eigenvalue weighted by Gasteiger charge is 2.04. The van der Waals surface area contributed by atoms with Gasteiger partial charge in [-0.3, -0.25) is 0 Å². The summed E-state index contributed by atoms with van der Waals surface area (Å²) in [4.78, 5) is 0. The number of fused-ring (bicyclic) bond motifs is 1. The summed E-state index contributed by atoms with van der Waals surface area (Å²) in [5.41, 5.74) is 2.62. The molecule has 0 heterocycles. The number of rotatable bonds is 4. The molecule has 2 rings (SSSR count). The van der Waals surface area contributed by atoms with E-state index in [1.54, 1.807) is 0 Å². The van der Waals surface area contributed by atoms with Crippen molar-refractivity contribution >= 4 is 32.8 Å². The summed E-state index contributed by atoms with van der Waals surface area (Å²) in [6.45, 7) is 6.06. The van der Waals surface area contributed by atoms with E-state index in [0.29, 0.717) is 0 Å². The van der Waals surface area contributed by atoms with Crippen LogP contribution in [0.1, 0.15) is 30.9 Å². The average Bonchev–Trinajstić information content (AvgIpc) is 2.38. The van der Waals surface area contributed by atoms with Crippen LogP contribution in [-0.4, -0.2) is 0 Å². The summed E-state index contributed by atoms with van der Waals surface area (Å²) >= 11 is 3.63. The molecule has 0 aromatic heterocycles. The number of benzene rings is 2. The van der Waals surface area contributed by atoms with Crippen LogP contribution in [0.25, 0.3) is 16.8 Å². The Labute approximate surface area is 111 Å². The molecule has 0 amide bonds. The molecule has 2 aromatic rings. The van der Waals surface area contributed by atoms with Gasteiger partial charge in [-0.15, -0.1) is 0 Å². The fraction of sp³-hybridized carbons (Fsp3) is 0.250. The lowest BCUT2D eigenvalue weighted by molar-refractivity contribution is 0.799. The predicted molar refractivity (Wildman–Crippen MR) is 80.4 cm³/mol. The molecule has 0 bridgehead atoms. The zero-order valence-corrected chi connectivity index (χ0v) is 11.8. The largest absolute Gasteiger partial charge is 0.0985 e. The Hall–Kier alpha value is -1.08. The maximum Gasteiger partial charge on any atom is 0.0254 e. The molecule has 88 valence electrons. The van der Waals surface area contributed by atoms with E-state index in [9.17, 15) is 0 Å². The van der Waals surface area contributed by atoms with E-state index in [2.05, 4.69) is 59.8 Å². The zero-order chi connectivity index (χ0) is 12.3. The normalized spacial score (nSPS) is 10.7. The zero-order valence-electron chi connectivity index (χ0n) is 10.2. The molecule has 2 aromatic carbocycles. The van der Waals surface area contributed by atoms with Crippen molar-refractivity contribution in [2.75, 3.05) is 0 Å². The number of aryl methyl sites for hydroxylation is 1. The number of unbranched alkanes of at least 4 members (excludes halogenated alkanes) is 1. The van der Waals surface area contributed by atoms with Crippen LogP contribution in [0.2, 0.25) is 0 Å².